The van der Waals surface area contributed by atoms with Crippen molar-refractivity contribution in [3.8, 4) is 5.75 Å². The van der Waals surface area contributed by atoms with Crippen LogP contribution >= 0.6 is 0 Å². The molecule has 1 saturated heterocycles. The van der Waals surface area contributed by atoms with Gasteiger partial charge in [-0.2, -0.15) is 0 Å². The molecule has 0 radical (unpaired) electrons. The summed E-state index contributed by atoms with van der Waals surface area (Å²) in [5, 5.41) is 0.947. The van der Waals surface area contributed by atoms with Crippen molar-refractivity contribution in [1.82, 2.24) is 9.88 Å². The number of nitrogens with one attached hydrogen (secondary N) is 1. The van der Waals surface area contributed by atoms with E-state index in [1.54, 1.807) is 6.07 Å². The fourth-order valence-corrected chi connectivity index (χ4v) is 2.89. The molecular formula is C18H24N2O4. The topological polar surface area (TPSA) is 63.8 Å². The lowest BCUT2D eigenvalue weighted by Gasteiger charge is -2.21. The predicted octanol–water partition coefficient (Wildman–Crippen LogP) is 2.97. The van der Waals surface area contributed by atoms with Gasteiger partial charge in [-0.15, -0.1) is 0 Å². The molecule has 6 nitrogen and oxygen atoms in total. The Labute approximate surface area is 141 Å². The first-order valence-corrected chi connectivity index (χ1v) is 8.33. The van der Waals surface area contributed by atoms with Crippen LogP contribution in [0.4, 0.5) is 4.79 Å². The minimum Gasteiger partial charge on any atom is -0.430 e. The van der Waals surface area contributed by atoms with Gasteiger partial charge in [-0.05, 0) is 38.2 Å². The van der Waals surface area contributed by atoms with Gasteiger partial charge in [-0.1, -0.05) is 6.07 Å². The largest absolute Gasteiger partial charge is 0.514 e. The molecule has 1 N–H and O–H groups in total. The van der Waals surface area contributed by atoms with Crippen LogP contribution in [0.25, 0.3) is 10.9 Å². The molecule has 0 spiro atoms. The van der Waals surface area contributed by atoms with E-state index in [1.807, 2.05) is 32.4 Å². The molecule has 6 heteroatoms. The molecule has 3 rings (SSSR count). The predicted molar refractivity (Wildman–Crippen MR) is 91.5 cm³/mol. The molecule has 1 aromatic heterocycles. The molecule has 1 fully saturated rings. The third-order valence-electron chi connectivity index (χ3n) is 4.20. The molecule has 0 amide bonds. The minimum absolute atomic E-state index is 0.120. The average Bonchev–Trinajstić information content (AvgIpc) is 2.98. The Bertz CT molecular complexity index is 689. The standard InChI is InChI=1S/C18H24N2O4/c1-20(2)9-6-13-12-19-15-4-3-5-16(17(13)15)24-18(21)23-14-7-10-22-11-8-14/h3-5,12,14,19H,6-11H2,1-2H3. The monoisotopic (exact) mass is 332 g/mol. The molecule has 0 atom stereocenters. The number of rotatable bonds is 5. The second kappa shape index (κ2) is 7.68. The van der Waals surface area contributed by atoms with Crippen LogP contribution in [0.5, 0.6) is 5.75 Å². The quantitative estimate of drug-likeness (QED) is 0.674. The molecule has 24 heavy (non-hydrogen) atoms. The number of benzene rings is 1. The number of ether oxygens (including phenoxy) is 3. The smallest absolute Gasteiger partial charge is 0.430 e. The Morgan fingerprint density at radius 2 is 2.12 bits per heavy atom. The fraction of sp³-hybridized carbons (Fsp3) is 0.500. The highest BCUT2D eigenvalue weighted by atomic mass is 16.7. The van der Waals surface area contributed by atoms with E-state index in [4.69, 9.17) is 14.2 Å². The van der Waals surface area contributed by atoms with Crippen LogP contribution in [-0.2, 0) is 15.9 Å². The average molecular weight is 332 g/mol. The van der Waals surface area contributed by atoms with Crippen molar-refractivity contribution in [2.45, 2.75) is 25.4 Å². The lowest BCUT2D eigenvalue weighted by molar-refractivity contribution is -0.0126. The third-order valence-corrected chi connectivity index (χ3v) is 4.20. The number of aromatic amines is 1. The highest BCUT2D eigenvalue weighted by molar-refractivity contribution is 5.90. The van der Waals surface area contributed by atoms with Gasteiger partial charge in [0.15, 0.2) is 0 Å². The van der Waals surface area contributed by atoms with Gasteiger partial charge in [-0.25, -0.2) is 4.79 Å². The third kappa shape index (κ3) is 4.07. The maximum absolute atomic E-state index is 12.1. The zero-order valence-electron chi connectivity index (χ0n) is 14.2. The van der Waals surface area contributed by atoms with Gasteiger partial charge in [0, 0.05) is 36.5 Å². The molecule has 1 aliphatic rings. The van der Waals surface area contributed by atoms with Crippen molar-refractivity contribution in [3.05, 3.63) is 30.0 Å². The lowest BCUT2D eigenvalue weighted by atomic mass is 10.1. The molecule has 1 aromatic carbocycles. The minimum atomic E-state index is -0.644. The van der Waals surface area contributed by atoms with Crippen LogP contribution < -0.4 is 4.74 Å². The summed E-state index contributed by atoms with van der Waals surface area (Å²) in [6, 6.07) is 5.65. The second-order valence-corrected chi connectivity index (χ2v) is 6.33. The van der Waals surface area contributed by atoms with Gasteiger partial charge < -0.3 is 24.1 Å². The zero-order valence-corrected chi connectivity index (χ0v) is 14.2. The normalized spacial score (nSPS) is 15.8. The summed E-state index contributed by atoms with van der Waals surface area (Å²) < 4.78 is 16.2. The molecule has 0 unspecified atom stereocenters. The fourth-order valence-electron chi connectivity index (χ4n) is 2.89. The first-order chi connectivity index (χ1) is 11.6. The van der Waals surface area contributed by atoms with E-state index in [0.29, 0.717) is 19.0 Å². The molecular weight excluding hydrogens is 308 g/mol. The van der Waals surface area contributed by atoms with Crippen LogP contribution in [0, 0.1) is 0 Å². The number of H-pyrrole nitrogens is 1. The van der Waals surface area contributed by atoms with E-state index in [-0.39, 0.29) is 6.10 Å². The summed E-state index contributed by atoms with van der Waals surface area (Å²) in [6.45, 7) is 2.17. The molecule has 0 bridgehead atoms. The first-order valence-electron chi connectivity index (χ1n) is 8.33. The number of likely N-dealkylation sites (N-methyl/N-ethyl adjacent to an activating group) is 1. The van der Waals surface area contributed by atoms with Gasteiger partial charge in [0.1, 0.15) is 11.9 Å². The summed E-state index contributed by atoms with van der Waals surface area (Å²) in [5.41, 5.74) is 2.09. The summed E-state index contributed by atoms with van der Waals surface area (Å²) >= 11 is 0. The SMILES string of the molecule is CN(C)CCc1c[nH]c2cccc(OC(=O)OC3CCOCC3)c12. The molecule has 2 aromatic rings. The van der Waals surface area contributed by atoms with Gasteiger partial charge in [0.05, 0.1) is 13.2 Å². The van der Waals surface area contributed by atoms with E-state index in [9.17, 15) is 4.79 Å². The molecule has 0 saturated carbocycles. The van der Waals surface area contributed by atoms with Gasteiger partial charge in [0.2, 0.25) is 0 Å². The number of hydrogen-bond acceptors (Lipinski definition) is 5. The van der Waals surface area contributed by atoms with Crippen LogP contribution in [0.15, 0.2) is 24.4 Å². The summed E-state index contributed by atoms with van der Waals surface area (Å²) in [4.78, 5) is 17.5. The van der Waals surface area contributed by atoms with Crippen molar-refractivity contribution < 1.29 is 19.0 Å². The van der Waals surface area contributed by atoms with E-state index >= 15 is 0 Å². The van der Waals surface area contributed by atoms with Gasteiger partial charge in [0.25, 0.3) is 0 Å². The number of aromatic nitrogens is 1. The van der Waals surface area contributed by atoms with Crippen LogP contribution in [0.3, 0.4) is 0 Å². The highest BCUT2D eigenvalue weighted by Crippen LogP contribution is 2.29. The van der Waals surface area contributed by atoms with Gasteiger partial charge in [-0.3, -0.25) is 0 Å². The van der Waals surface area contributed by atoms with Crippen LogP contribution in [0.2, 0.25) is 0 Å². The second-order valence-electron chi connectivity index (χ2n) is 6.33. The van der Waals surface area contributed by atoms with Crippen molar-refractivity contribution in [3.63, 3.8) is 0 Å². The molecule has 1 aliphatic heterocycles. The molecule has 130 valence electrons. The van der Waals surface area contributed by atoms with Crippen LogP contribution in [-0.4, -0.2) is 56.0 Å². The number of carbonyl (C=O) groups is 1. The van der Waals surface area contributed by atoms with Crippen molar-refractivity contribution in [1.29, 1.82) is 0 Å². The Hall–Kier alpha value is -2.05. The summed E-state index contributed by atoms with van der Waals surface area (Å²) in [7, 11) is 4.08. The van der Waals surface area contributed by atoms with Crippen molar-refractivity contribution in [2.75, 3.05) is 33.9 Å². The molecule has 2 heterocycles. The zero-order chi connectivity index (χ0) is 16.9. The first kappa shape index (κ1) is 16.8. The van der Waals surface area contributed by atoms with Crippen molar-refractivity contribution in [2.24, 2.45) is 0 Å². The lowest BCUT2D eigenvalue weighted by Crippen LogP contribution is -2.27. The van der Waals surface area contributed by atoms with E-state index in [2.05, 4.69) is 9.88 Å². The summed E-state index contributed by atoms with van der Waals surface area (Å²) in [5.74, 6) is 0.541. The van der Waals surface area contributed by atoms with Crippen LogP contribution in [0.1, 0.15) is 18.4 Å². The maximum Gasteiger partial charge on any atom is 0.514 e. The Kier molecular flexibility index (Phi) is 5.37. The number of hydrogen-bond donors (Lipinski definition) is 1. The Balaban J connectivity index is 1.73. The highest BCUT2D eigenvalue weighted by Gasteiger charge is 2.20. The maximum atomic E-state index is 12.1. The van der Waals surface area contributed by atoms with E-state index in [1.165, 1.54) is 0 Å². The number of carbonyl (C=O) groups excluding carboxylic acids is 1. The van der Waals surface area contributed by atoms with E-state index < -0.39 is 6.16 Å². The summed E-state index contributed by atoms with van der Waals surface area (Å²) in [6.07, 6.45) is 3.53. The van der Waals surface area contributed by atoms with Gasteiger partial charge >= 0.3 is 6.16 Å². The van der Waals surface area contributed by atoms with Crippen molar-refractivity contribution >= 4 is 17.1 Å². The Morgan fingerprint density at radius 3 is 2.88 bits per heavy atom. The number of fused-ring (bicyclic) bond motifs is 1. The number of nitrogens with zero attached hydrogens (tertiary/aromatic N) is 1. The molecule has 0 aliphatic carbocycles. The Morgan fingerprint density at radius 1 is 1.33 bits per heavy atom. The van der Waals surface area contributed by atoms with E-state index in [0.717, 1.165) is 42.3 Å².